The minimum absolute atomic E-state index is 0.0189. The van der Waals surface area contributed by atoms with Crippen LogP contribution in [0.4, 0.5) is 0 Å². The van der Waals surface area contributed by atoms with Gasteiger partial charge in [-0.05, 0) is 123 Å². The number of phenolic OH excluding ortho intramolecular Hbond substituents is 2. The van der Waals surface area contributed by atoms with Gasteiger partial charge in [0.25, 0.3) is 0 Å². The molecule has 9 amide bonds. The molecule has 0 unspecified atom stereocenters. The van der Waals surface area contributed by atoms with E-state index in [0.29, 0.717) is 33.7 Å². The fourth-order valence-electron chi connectivity index (χ4n) is 8.36. The van der Waals surface area contributed by atoms with Crippen molar-refractivity contribution >= 4 is 64.8 Å². The van der Waals surface area contributed by atoms with Gasteiger partial charge in [-0.3, -0.25) is 43.2 Å². The minimum atomic E-state index is -1.77. The van der Waals surface area contributed by atoms with Crippen molar-refractivity contribution in [2.24, 2.45) is 22.9 Å². The van der Waals surface area contributed by atoms with E-state index in [-0.39, 0.29) is 75.0 Å². The Bertz CT molecular complexity index is 2800. The zero-order chi connectivity index (χ0) is 57.8. The van der Waals surface area contributed by atoms with Gasteiger partial charge in [0.1, 0.15) is 53.8 Å². The second kappa shape index (κ2) is 30.0. The number of rotatable bonds is 19. The lowest BCUT2D eigenvalue weighted by atomic mass is 10.00. The number of nitrogens with one attached hydrogen (secondary N) is 7. The minimum Gasteiger partial charge on any atom is -0.508 e. The maximum atomic E-state index is 14.7. The van der Waals surface area contributed by atoms with Gasteiger partial charge >= 0.3 is 0 Å². The highest BCUT2D eigenvalue weighted by molar-refractivity contribution is 6.30. The summed E-state index contributed by atoms with van der Waals surface area (Å²) in [7, 11) is 0. The van der Waals surface area contributed by atoms with Gasteiger partial charge in [0.2, 0.25) is 53.2 Å². The standard InChI is InChI=1S/C55H68ClN11O12/c1-30(68)46-55(79)63-41(50(74)64-43(48(60)72)27-33-13-21-37(69)22-14-33)7-3-2-6-40(61-49(73)39(58)26-31-11-19-36(56)20-12-31)51(75)65-45(29-34-15-23-38(70)24-16-34)54(78)66-44(28-32-9-17-35(18-10-32)47(59)71)53(77)62-42(52(76)67-46)8-4-5-25-57/h2-3,9-24,30,39-46,68-70H,4-8,25-29,57-58H2,1H3,(H2,59,71)(H2,60,72)(H,61,73)(H,62,77)(H,63,79)(H,64,74)(H,65,75)(H,66,78)(H,67,76)/b3-2+/t30-,39+,40+,41+,42+,43-,44-,45+,46+/m1/s1. The quantitative estimate of drug-likeness (QED) is 0.0404. The Kier molecular flexibility index (Phi) is 23.3. The largest absolute Gasteiger partial charge is 0.508 e. The topological polar surface area (TPSA) is 403 Å². The number of aliphatic hydroxyl groups excluding tert-OH is 1. The van der Waals surface area contributed by atoms with Gasteiger partial charge < -0.3 is 75.5 Å². The lowest BCUT2D eigenvalue weighted by Gasteiger charge is -2.29. The van der Waals surface area contributed by atoms with Crippen LogP contribution in [0.2, 0.25) is 5.02 Å². The number of carbonyl (C=O) groups is 9. The molecule has 0 fully saturated rings. The van der Waals surface area contributed by atoms with Crippen molar-refractivity contribution in [3.63, 3.8) is 0 Å². The van der Waals surface area contributed by atoms with E-state index in [4.69, 9.17) is 34.5 Å². The third-order valence-corrected chi connectivity index (χ3v) is 13.1. The Balaban J connectivity index is 1.60. The second-order valence-electron chi connectivity index (χ2n) is 19.2. The van der Waals surface area contributed by atoms with Crippen molar-refractivity contribution in [2.45, 2.75) is 119 Å². The van der Waals surface area contributed by atoms with Crippen LogP contribution in [-0.4, -0.2) is 129 Å². The van der Waals surface area contributed by atoms with Crippen LogP contribution in [0.5, 0.6) is 11.5 Å². The highest BCUT2D eigenvalue weighted by Crippen LogP contribution is 2.17. The number of hydrogen-bond acceptors (Lipinski definition) is 14. The average Bonchev–Trinajstić information content (AvgIpc) is 3.41. The molecule has 0 aromatic heterocycles. The number of benzene rings is 4. The van der Waals surface area contributed by atoms with E-state index in [1.165, 1.54) is 91.9 Å². The highest BCUT2D eigenvalue weighted by atomic mass is 35.5. The Morgan fingerprint density at radius 2 is 1.13 bits per heavy atom. The van der Waals surface area contributed by atoms with Crippen molar-refractivity contribution < 1.29 is 58.5 Å². The molecule has 422 valence electrons. The monoisotopic (exact) mass is 1110 g/mol. The van der Waals surface area contributed by atoms with E-state index in [1.807, 2.05) is 0 Å². The first-order valence-corrected chi connectivity index (χ1v) is 25.9. The summed E-state index contributed by atoms with van der Waals surface area (Å²) in [5, 5.41) is 49.6. The van der Waals surface area contributed by atoms with Crippen LogP contribution in [0.3, 0.4) is 0 Å². The van der Waals surface area contributed by atoms with E-state index in [9.17, 15) is 58.5 Å². The molecule has 4 aromatic carbocycles. The second-order valence-corrected chi connectivity index (χ2v) is 19.6. The van der Waals surface area contributed by atoms with Gasteiger partial charge in [-0.25, -0.2) is 0 Å². The molecule has 4 aromatic rings. The molecule has 1 aliphatic heterocycles. The van der Waals surface area contributed by atoms with Gasteiger partial charge in [-0.15, -0.1) is 0 Å². The van der Waals surface area contributed by atoms with Crippen LogP contribution in [0.1, 0.15) is 71.6 Å². The number of primary amides is 2. The zero-order valence-corrected chi connectivity index (χ0v) is 44.1. The van der Waals surface area contributed by atoms with Crippen LogP contribution < -0.4 is 60.2 Å². The number of hydrogen-bond donors (Lipinski definition) is 14. The summed E-state index contributed by atoms with van der Waals surface area (Å²) in [6.07, 6.45) is 0.499. The van der Waals surface area contributed by atoms with Crippen LogP contribution >= 0.6 is 11.6 Å². The summed E-state index contributed by atoms with van der Waals surface area (Å²) in [4.78, 5) is 125. The number of phenols is 2. The number of amides is 9. The van der Waals surface area contributed by atoms with Gasteiger partial charge in [0.15, 0.2) is 0 Å². The number of aliphatic hydroxyl groups is 1. The molecule has 23 nitrogen and oxygen atoms in total. The van der Waals surface area contributed by atoms with Gasteiger partial charge in [-0.1, -0.05) is 72.3 Å². The molecule has 79 heavy (non-hydrogen) atoms. The molecular formula is C55H68ClN11O12. The fraction of sp³-hybridized carbons (Fsp3) is 0.364. The summed E-state index contributed by atoms with van der Waals surface area (Å²) >= 11 is 6.06. The summed E-state index contributed by atoms with van der Waals surface area (Å²) in [5.41, 5.74) is 25.5. The summed E-state index contributed by atoms with van der Waals surface area (Å²) < 4.78 is 0. The van der Waals surface area contributed by atoms with E-state index in [2.05, 4.69) is 37.2 Å². The number of carbonyl (C=O) groups excluding carboxylic acids is 9. The molecule has 0 saturated heterocycles. The van der Waals surface area contributed by atoms with E-state index < -0.39 is 108 Å². The predicted molar refractivity (Wildman–Crippen MR) is 291 cm³/mol. The summed E-state index contributed by atoms with van der Waals surface area (Å²) in [5.74, 6) is -8.31. The maximum Gasteiger partial charge on any atom is 0.248 e. The molecule has 1 aliphatic rings. The first-order chi connectivity index (χ1) is 37.6. The van der Waals surface area contributed by atoms with Gasteiger partial charge in [0, 0.05) is 29.8 Å². The molecular weight excluding hydrogens is 1040 g/mol. The molecule has 0 spiro atoms. The molecule has 24 heteroatoms. The lowest BCUT2D eigenvalue weighted by molar-refractivity contribution is -0.137. The Morgan fingerprint density at radius 3 is 1.67 bits per heavy atom. The fourth-order valence-corrected chi connectivity index (χ4v) is 8.49. The number of halogens is 1. The van der Waals surface area contributed by atoms with E-state index in [0.717, 1.165) is 0 Å². The average molecular weight is 1110 g/mol. The van der Waals surface area contributed by atoms with Crippen molar-refractivity contribution in [1.29, 1.82) is 0 Å². The summed E-state index contributed by atoms with van der Waals surface area (Å²) in [6.45, 7) is 1.41. The van der Waals surface area contributed by atoms with Crippen LogP contribution in [0.15, 0.2) is 109 Å². The molecule has 0 bridgehead atoms. The predicted octanol–water partition coefficient (Wildman–Crippen LogP) is -0.813. The third-order valence-electron chi connectivity index (χ3n) is 12.9. The van der Waals surface area contributed by atoms with Crippen molar-refractivity contribution in [1.82, 2.24) is 37.2 Å². The SMILES string of the molecule is C[C@@H](O)[C@@H]1NC(=O)[C@H](CCCCN)NC(=O)[C@@H](Cc2ccc(C(N)=O)cc2)NC(=O)[C@H](Cc2ccc(O)cc2)NC(=O)[C@@H](NC(=O)[C@@H](N)Cc2ccc(Cl)cc2)C/C=C/C[C@@H](C(=O)N[C@H](Cc2ccc(O)cc2)C(N)=O)NC1=O. The summed E-state index contributed by atoms with van der Waals surface area (Å²) in [6, 6.07) is 12.0. The molecule has 9 atom stereocenters. The first-order valence-electron chi connectivity index (χ1n) is 25.5. The molecule has 0 radical (unpaired) electrons. The normalized spacial score (nSPS) is 21.3. The van der Waals surface area contributed by atoms with Crippen LogP contribution in [-0.2, 0) is 64.0 Å². The molecule has 18 N–H and O–H groups in total. The lowest BCUT2D eigenvalue weighted by Crippen LogP contribution is -2.62. The molecule has 1 heterocycles. The van der Waals surface area contributed by atoms with Crippen LogP contribution in [0.25, 0.3) is 0 Å². The molecule has 5 rings (SSSR count). The number of unbranched alkanes of at least 4 members (excludes halogenated alkanes) is 1. The number of nitrogens with two attached hydrogens (primary N) is 4. The molecule has 0 saturated carbocycles. The maximum absolute atomic E-state index is 14.7. The van der Waals surface area contributed by atoms with Crippen molar-refractivity contribution in [3.05, 3.63) is 142 Å². The van der Waals surface area contributed by atoms with Gasteiger partial charge in [0.05, 0.1) is 12.1 Å². The Hall–Kier alpha value is -8.38. The van der Waals surface area contributed by atoms with E-state index in [1.54, 1.807) is 24.3 Å². The Labute approximate surface area is 461 Å². The van der Waals surface area contributed by atoms with Crippen molar-refractivity contribution in [3.8, 4) is 11.5 Å². The smallest absolute Gasteiger partial charge is 0.248 e. The Morgan fingerprint density at radius 1 is 0.633 bits per heavy atom. The van der Waals surface area contributed by atoms with Crippen LogP contribution in [0, 0.1) is 0 Å². The van der Waals surface area contributed by atoms with Crippen molar-refractivity contribution in [2.75, 3.05) is 6.54 Å². The number of aromatic hydroxyl groups is 2. The third kappa shape index (κ3) is 19.5. The molecule has 0 aliphatic carbocycles. The first kappa shape index (κ1) is 61.5. The highest BCUT2D eigenvalue weighted by Gasteiger charge is 2.36. The van der Waals surface area contributed by atoms with E-state index >= 15 is 0 Å². The zero-order valence-electron chi connectivity index (χ0n) is 43.4. The van der Waals surface area contributed by atoms with Gasteiger partial charge in [-0.2, -0.15) is 0 Å².